The molecule has 0 radical (unpaired) electrons. The summed E-state index contributed by atoms with van der Waals surface area (Å²) in [7, 11) is 1.37. The Hall–Kier alpha value is -0.610. The Bertz CT molecular complexity index is 184. The number of hydrogen-bond donors (Lipinski definition) is 1. The SMILES string of the molecule is COC(=O)[C@@H](N)[C@@H]1CCO[C@H](C)C1. The van der Waals surface area contributed by atoms with Gasteiger partial charge in [-0.3, -0.25) is 4.79 Å². The van der Waals surface area contributed by atoms with Crippen molar-refractivity contribution >= 4 is 5.97 Å². The monoisotopic (exact) mass is 187 g/mol. The lowest BCUT2D eigenvalue weighted by atomic mass is 9.89. The molecule has 13 heavy (non-hydrogen) atoms. The van der Waals surface area contributed by atoms with Crippen molar-refractivity contribution in [3.63, 3.8) is 0 Å². The van der Waals surface area contributed by atoms with Gasteiger partial charge in [0.25, 0.3) is 0 Å². The van der Waals surface area contributed by atoms with Crippen molar-refractivity contribution < 1.29 is 14.3 Å². The highest BCUT2D eigenvalue weighted by Crippen LogP contribution is 2.22. The van der Waals surface area contributed by atoms with Crippen molar-refractivity contribution in [2.24, 2.45) is 11.7 Å². The highest BCUT2D eigenvalue weighted by atomic mass is 16.5. The number of ether oxygens (including phenoxy) is 2. The highest BCUT2D eigenvalue weighted by Gasteiger charge is 2.29. The van der Waals surface area contributed by atoms with Crippen molar-refractivity contribution in [1.29, 1.82) is 0 Å². The summed E-state index contributed by atoms with van der Waals surface area (Å²) in [6.07, 6.45) is 1.89. The van der Waals surface area contributed by atoms with Crippen molar-refractivity contribution in [2.75, 3.05) is 13.7 Å². The van der Waals surface area contributed by atoms with Gasteiger partial charge >= 0.3 is 5.97 Å². The van der Waals surface area contributed by atoms with Crippen LogP contribution in [-0.4, -0.2) is 31.8 Å². The summed E-state index contributed by atoms with van der Waals surface area (Å²) in [6.45, 7) is 2.69. The molecule has 1 rings (SSSR count). The van der Waals surface area contributed by atoms with Gasteiger partial charge in [-0.05, 0) is 25.7 Å². The van der Waals surface area contributed by atoms with Crippen LogP contribution in [0.4, 0.5) is 0 Å². The molecule has 0 aromatic carbocycles. The first-order valence-corrected chi connectivity index (χ1v) is 4.60. The summed E-state index contributed by atoms with van der Waals surface area (Å²) < 4.78 is 9.96. The summed E-state index contributed by atoms with van der Waals surface area (Å²) in [5.41, 5.74) is 5.73. The van der Waals surface area contributed by atoms with E-state index in [9.17, 15) is 4.79 Å². The highest BCUT2D eigenvalue weighted by molar-refractivity contribution is 5.75. The van der Waals surface area contributed by atoms with Crippen molar-refractivity contribution in [3.8, 4) is 0 Å². The Kier molecular flexibility index (Phi) is 3.69. The van der Waals surface area contributed by atoms with Crippen LogP contribution in [0.1, 0.15) is 19.8 Å². The molecule has 4 heteroatoms. The van der Waals surface area contributed by atoms with Crippen LogP contribution in [0.2, 0.25) is 0 Å². The van der Waals surface area contributed by atoms with Gasteiger partial charge in [0.1, 0.15) is 6.04 Å². The lowest BCUT2D eigenvalue weighted by molar-refractivity contribution is -0.144. The molecule has 0 aromatic rings. The van der Waals surface area contributed by atoms with Crippen LogP contribution in [0.15, 0.2) is 0 Å². The zero-order valence-corrected chi connectivity index (χ0v) is 8.16. The quantitative estimate of drug-likeness (QED) is 0.632. The largest absolute Gasteiger partial charge is 0.468 e. The fourth-order valence-electron chi connectivity index (χ4n) is 1.69. The molecule has 1 aliphatic rings. The third kappa shape index (κ3) is 2.67. The summed E-state index contributed by atoms with van der Waals surface area (Å²) in [6, 6.07) is -0.489. The third-order valence-corrected chi connectivity index (χ3v) is 2.51. The fraction of sp³-hybridized carbons (Fsp3) is 0.889. The number of rotatable bonds is 2. The number of methoxy groups -OCH3 is 1. The molecule has 1 aliphatic heterocycles. The molecule has 0 amide bonds. The van der Waals surface area contributed by atoms with Crippen molar-refractivity contribution in [3.05, 3.63) is 0 Å². The maximum Gasteiger partial charge on any atom is 0.322 e. The third-order valence-electron chi connectivity index (χ3n) is 2.51. The van der Waals surface area contributed by atoms with Crippen LogP contribution in [0.25, 0.3) is 0 Å². The van der Waals surface area contributed by atoms with E-state index in [1.807, 2.05) is 6.92 Å². The molecule has 0 saturated carbocycles. The van der Waals surface area contributed by atoms with E-state index in [1.165, 1.54) is 7.11 Å². The first kappa shape index (κ1) is 10.5. The van der Waals surface area contributed by atoms with E-state index >= 15 is 0 Å². The minimum Gasteiger partial charge on any atom is -0.468 e. The summed E-state index contributed by atoms with van der Waals surface area (Å²) in [4.78, 5) is 11.1. The minimum atomic E-state index is -0.489. The number of carbonyl (C=O) groups is 1. The average molecular weight is 187 g/mol. The second-order valence-corrected chi connectivity index (χ2v) is 3.51. The molecule has 0 bridgehead atoms. The molecule has 1 heterocycles. The zero-order valence-electron chi connectivity index (χ0n) is 8.16. The average Bonchev–Trinajstić information content (AvgIpc) is 2.15. The number of nitrogens with two attached hydrogens (primary N) is 1. The molecule has 1 fully saturated rings. The van der Waals surface area contributed by atoms with Gasteiger partial charge in [0.2, 0.25) is 0 Å². The van der Waals surface area contributed by atoms with E-state index in [1.54, 1.807) is 0 Å². The van der Waals surface area contributed by atoms with Gasteiger partial charge in [-0.2, -0.15) is 0 Å². The van der Waals surface area contributed by atoms with Gasteiger partial charge in [0, 0.05) is 6.61 Å². The van der Waals surface area contributed by atoms with E-state index in [-0.39, 0.29) is 18.0 Å². The van der Waals surface area contributed by atoms with Crippen LogP contribution in [0.3, 0.4) is 0 Å². The van der Waals surface area contributed by atoms with Crippen LogP contribution in [0.5, 0.6) is 0 Å². The summed E-state index contributed by atoms with van der Waals surface area (Å²) in [5, 5.41) is 0. The molecule has 76 valence electrons. The Morgan fingerprint density at radius 1 is 1.69 bits per heavy atom. The predicted octanol–water partition coefficient (Wildman–Crippen LogP) is 0.302. The molecule has 2 N–H and O–H groups in total. The maximum absolute atomic E-state index is 11.1. The van der Waals surface area contributed by atoms with Crippen LogP contribution < -0.4 is 5.73 Å². The number of esters is 1. The van der Waals surface area contributed by atoms with Crippen LogP contribution in [0, 0.1) is 5.92 Å². The second-order valence-electron chi connectivity index (χ2n) is 3.51. The molecule has 1 saturated heterocycles. The molecule has 3 atom stereocenters. The van der Waals surface area contributed by atoms with Crippen LogP contribution in [-0.2, 0) is 14.3 Å². The number of hydrogen-bond acceptors (Lipinski definition) is 4. The minimum absolute atomic E-state index is 0.203. The summed E-state index contributed by atoms with van der Waals surface area (Å²) in [5.74, 6) is -0.115. The second kappa shape index (κ2) is 4.58. The van der Waals surface area contributed by atoms with Gasteiger partial charge in [0.15, 0.2) is 0 Å². The first-order chi connectivity index (χ1) is 6.15. The maximum atomic E-state index is 11.1. The van der Waals surface area contributed by atoms with Crippen molar-refractivity contribution in [1.82, 2.24) is 0 Å². The standard InChI is InChI=1S/C9H17NO3/c1-6-5-7(3-4-13-6)8(10)9(11)12-2/h6-8H,3-5,10H2,1-2H3/t6-,7-,8+/m1/s1. The lowest BCUT2D eigenvalue weighted by Crippen LogP contribution is -2.42. The predicted molar refractivity (Wildman–Crippen MR) is 48.1 cm³/mol. The Morgan fingerprint density at radius 2 is 2.38 bits per heavy atom. The molecular weight excluding hydrogens is 170 g/mol. The Labute approximate surface area is 78.4 Å². The lowest BCUT2D eigenvalue weighted by Gasteiger charge is -2.29. The molecule has 4 nitrogen and oxygen atoms in total. The zero-order chi connectivity index (χ0) is 9.84. The van der Waals surface area contributed by atoms with E-state index in [4.69, 9.17) is 10.5 Å². The smallest absolute Gasteiger partial charge is 0.322 e. The molecule has 0 aromatic heterocycles. The van der Waals surface area contributed by atoms with Gasteiger partial charge in [0.05, 0.1) is 13.2 Å². The molecular formula is C9H17NO3. The van der Waals surface area contributed by atoms with E-state index in [2.05, 4.69) is 4.74 Å². The Morgan fingerprint density at radius 3 is 2.92 bits per heavy atom. The molecule has 0 unspecified atom stereocenters. The molecule has 0 spiro atoms. The van der Waals surface area contributed by atoms with Crippen molar-refractivity contribution in [2.45, 2.75) is 31.9 Å². The Balaban J connectivity index is 2.45. The van der Waals surface area contributed by atoms with Gasteiger partial charge in [-0.15, -0.1) is 0 Å². The van der Waals surface area contributed by atoms with Gasteiger partial charge < -0.3 is 15.2 Å². The van der Waals surface area contributed by atoms with E-state index in [0.29, 0.717) is 6.61 Å². The van der Waals surface area contributed by atoms with Crippen LogP contribution >= 0.6 is 0 Å². The van der Waals surface area contributed by atoms with Gasteiger partial charge in [-0.25, -0.2) is 0 Å². The molecule has 0 aliphatic carbocycles. The normalized spacial score (nSPS) is 31.0. The fourth-order valence-corrected chi connectivity index (χ4v) is 1.69. The number of carbonyl (C=O) groups excluding carboxylic acids is 1. The van der Waals surface area contributed by atoms with E-state index in [0.717, 1.165) is 12.8 Å². The van der Waals surface area contributed by atoms with Gasteiger partial charge in [-0.1, -0.05) is 0 Å². The topological polar surface area (TPSA) is 61.5 Å². The first-order valence-electron chi connectivity index (χ1n) is 4.60. The van der Waals surface area contributed by atoms with E-state index < -0.39 is 6.04 Å². The summed E-state index contributed by atoms with van der Waals surface area (Å²) >= 11 is 0.